The van der Waals surface area contributed by atoms with E-state index in [1.54, 1.807) is 0 Å². The van der Waals surface area contributed by atoms with Crippen molar-refractivity contribution in [2.45, 2.75) is 39.2 Å². The molecule has 0 radical (unpaired) electrons. The predicted octanol–water partition coefficient (Wildman–Crippen LogP) is 2.46. The number of imidazole rings is 1. The minimum atomic E-state index is 0.617. The molecule has 0 amide bonds. The van der Waals surface area contributed by atoms with Crippen molar-refractivity contribution in [2.75, 3.05) is 5.73 Å². The summed E-state index contributed by atoms with van der Waals surface area (Å²) < 4.78 is 2.18. The zero-order valence-corrected chi connectivity index (χ0v) is 8.98. The second-order valence-corrected chi connectivity index (χ2v) is 4.67. The van der Waals surface area contributed by atoms with Crippen molar-refractivity contribution in [2.24, 2.45) is 11.8 Å². The lowest BCUT2D eigenvalue weighted by Crippen LogP contribution is -2.22. The average Bonchev–Trinajstić information content (AvgIpc) is 2.57. The lowest BCUT2D eigenvalue weighted by molar-refractivity contribution is 0.210. The van der Waals surface area contributed by atoms with Crippen LogP contribution in [0.1, 0.15) is 39.2 Å². The van der Waals surface area contributed by atoms with Gasteiger partial charge in [-0.25, -0.2) is 4.98 Å². The number of rotatable bonds is 1. The van der Waals surface area contributed by atoms with Gasteiger partial charge in [0, 0.05) is 12.2 Å². The Labute approximate surface area is 85.3 Å². The number of nitrogens with zero attached hydrogens (tertiary/aromatic N) is 2. The number of anilines is 1. The van der Waals surface area contributed by atoms with Gasteiger partial charge in [0.15, 0.2) is 0 Å². The molecular formula is C11H19N3. The van der Waals surface area contributed by atoms with Gasteiger partial charge in [0.05, 0.1) is 6.33 Å². The molecule has 0 bridgehead atoms. The summed E-state index contributed by atoms with van der Waals surface area (Å²) in [5.41, 5.74) is 5.62. The van der Waals surface area contributed by atoms with Gasteiger partial charge < -0.3 is 10.3 Å². The molecule has 3 atom stereocenters. The van der Waals surface area contributed by atoms with Crippen LogP contribution < -0.4 is 5.73 Å². The van der Waals surface area contributed by atoms with Crippen molar-refractivity contribution in [1.82, 2.24) is 9.55 Å². The zero-order valence-electron chi connectivity index (χ0n) is 8.98. The monoisotopic (exact) mass is 193 g/mol. The number of aromatic nitrogens is 2. The summed E-state index contributed by atoms with van der Waals surface area (Å²) >= 11 is 0. The maximum absolute atomic E-state index is 5.62. The zero-order chi connectivity index (χ0) is 10.1. The standard InChI is InChI=1S/C11H19N3/c1-8-3-4-10(5-9(8)2)14-6-11(12)13-7-14/h6-10H,3-5,12H2,1-2H3. The molecule has 78 valence electrons. The normalized spacial score (nSPS) is 33.1. The van der Waals surface area contributed by atoms with E-state index in [2.05, 4.69) is 23.4 Å². The molecular weight excluding hydrogens is 174 g/mol. The van der Waals surface area contributed by atoms with E-state index in [4.69, 9.17) is 5.73 Å². The van der Waals surface area contributed by atoms with E-state index in [0.717, 1.165) is 11.8 Å². The Morgan fingerprint density at radius 2 is 2.14 bits per heavy atom. The number of nitrogen functional groups attached to an aromatic ring is 1. The summed E-state index contributed by atoms with van der Waals surface area (Å²) in [6.07, 6.45) is 7.66. The summed E-state index contributed by atoms with van der Waals surface area (Å²) in [7, 11) is 0. The maximum atomic E-state index is 5.62. The van der Waals surface area contributed by atoms with Gasteiger partial charge in [0.2, 0.25) is 0 Å². The summed E-state index contributed by atoms with van der Waals surface area (Å²) in [5.74, 6) is 2.32. The molecule has 3 heteroatoms. The van der Waals surface area contributed by atoms with Crippen LogP contribution in [0.5, 0.6) is 0 Å². The molecule has 1 aromatic rings. The highest BCUT2D eigenvalue weighted by Gasteiger charge is 2.25. The Morgan fingerprint density at radius 3 is 2.71 bits per heavy atom. The van der Waals surface area contributed by atoms with Crippen LogP contribution >= 0.6 is 0 Å². The highest BCUT2D eigenvalue weighted by molar-refractivity contribution is 5.22. The van der Waals surface area contributed by atoms with Crippen molar-refractivity contribution in [1.29, 1.82) is 0 Å². The highest BCUT2D eigenvalue weighted by Crippen LogP contribution is 2.36. The quantitative estimate of drug-likeness (QED) is 0.744. The van der Waals surface area contributed by atoms with Gasteiger partial charge in [0.25, 0.3) is 0 Å². The first-order chi connectivity index (χ1) is 6.66. The largest absolute Gasteiger partial charge is 0.382 e. The van der Waals surface area contributed by atoms with E-state index >= 15 is 0 Å². The van der Waals surface area contributed by atoms with Crippen molar-refractivity contribution in [3.05, 3.63) is 12.5 Å². The summed E-state index contributed by atoms with van der Waals surface area (Å²) in [6.45, 7) is 4.69. The van der Waals surface area contributed by atoms with E-state index < -0.39 is 0 Å². The molecule has 1 aliphatic carbocycles. The summed E-state index contributed by atoms with van der Waals surface area (Å²) in [4.78, 5) is 4.08. The van der Waals surface area contributed by atoms with E-state index in [0.29, 0.717) is 11.9 Å². The molecule has 2 rings (SSSR count). The topological polar surface area (TPSA) is 43.8 Å². The van der Waals surface area contributed by atoms with Gasteiger partial charge >= 0.3 is 0 Å². The fourth-order valence-corrected chi connectivity index (χ4v) is 2.34. The van der Waals surface area contributed by atoms with Crippen molar-refractivity contribution in [3.8, 4) is 0 Å². The minimum Gasteiger partial charge on any atom is -0.382 e. The van der Waals surface area contributed by atoms with Gasteiger partial charge in [-0.15, -0.1) is 0 Å². The van der Waals surface area contributed by atoms with E-state index in [1.165, 1.54) is 19.3 Å². The highest BCUT2D eigenvalue weighted by atomic mass is 15.1. The lowest BCUT2D eigenvalue weighted by atomic mass is 9.79. The molecule has 2 N–H and O–H groups in total. The molecule has 3 unspecified atom stereocenters. The first-order valence-electron chi connectivity index (χ1n) is 5.45. The van der Waals surface area contributed by atoms with Gasteiger partial charge in [-0.05, 0) is 31.1 Å². The fourth-order valence-electron chi connectivity index (χ4n) is 2.34. The van der Waals surface area contributed by atoms with E-state index in [9.17, 15) is 0 Å². The molecule has 0 aliphatic heterocycles. The van der Waals surface area contributed by atoms with Crippen molar-refractivity contribution in [3.63, 3.8) is 0 Å². The molecule has 1 aromatic heterocycles. The second-order valence-electron chi connectivity index (χ2n) is 4.67. The van der Waals surface area contributed by atoms with Crippen LogP contribution in [0, 0.1) is 11.8 Å². The van der Waals surface area contributed by atoms with Crippen LogP contribution in [0.3, 0.4) is 0 Å². The van der Waals surface area contributed by atoms with Crippen molar-refractivity contribution >= 4 is 5.82 Å². The molecule has 0 saturated heterocycles. The number of hydrogen-bond acceptors (Lipinski definition) is 2. The van der Waals surface area contributed by atoms with E-state index in [-0.39, 0.29) is 0 Å². The maximum Gasteiger partial charge on any atom is 0.141 e. The van der Waals surface area contributed by atoms with Crippen LogP contribution in [0.15, 0.2) is 12.5 Å². The molecule has 0 aromatic carbocycles. The Bertz CT molecular complexity index is 305. The molecule has 1 aliphatic rings. The number of nitrogens with two attached hydrogens (primary N) is 1. The molecule has 3 nitrogen and oxygen atoms in total. The fraction of sp³-hybridized carbons (Fsp3) is 0.727. The molecule has 1 heterocycles. The molecule has 1 fully saturated rings. The SMILES string of the molecule is CC1CCC(n2cnc(N)c2)CC1C. The van der Waals surface area contributed by atoms with Crippen LogP contribution in [0.4, 0.5) is 5.82 Å². The smallest absolute Gasteiger partial charge is 0.141 e. The van der Waals surface area contributed by atoms with Crippen LogP contribution in [0.25, 0.3) is 0 Å². The Hall–Kier alpha value is -0.990. The predicted molar refractivity (Wildman–Crippen MR) is 57.9 cm³/mol. The Kier molecular flexibility index (Phi) is 2.48. The number of hydrogen-bond donors (Lipinski definition) is 1. The molecule has 0 spiro atoms. The van der Waals surface area contributed by atoms with Crippen LogP contribution in [-0.4, -0.2) is 9.55 Å². The third-order valence-electron chi connectivity index (χ3n) is 3.61. The minimum absolute atomic E-state index is 0.617. The van der Waals surface area contributed by atoms with Gasteiger partial charge in [-0.3, -0.25) is 0 Å². The first-order valence-corrected chi connectivity index (χ1v) is 5.45. The summed E-state index contributed by atoms with van der Waals surface area (Å²) in [6, 6.07) is 0.617. The Balaban J connectivity index is 2.06. The first kappa shape index (κ1) is 9.56. The summed E-state index contributed by atoms with van der Waals surface area (Å²) in [5, 5.41) is 0. The average molecular weight is 193 g/mol. The third-order valence-corrected chi connectivity index (χ3v) is 3.61. The third kappa shape index (κ3) is 1.76. The van der Waals surface area contributed by atoms with Gasteiger partial charge in [-0.1, -0.05) is 13.8 Å². The van der Waals surface area contributed by atoms with Gasteiger partial charge in [0.1, 0.15) is 5.82 Å². The lowest BCUT2D eigenvalue weighted by Gasteiger charge is -2.32. The molecule has 1 saturated carbocycles. The molecule has 14 heavy (non-hydrogen) atoms. The van der Waals surface area contributed by atoms with Crippen LogP contribution in [0.2, 0.25) is 0 Å². The van der Waals surface area contributed by atoms with Crippen molar-refractivity contribution < 1.29 is 0 Å². The van der Waals surface area contributed by atoms with Crippen LogP contribution in [-0.2, 0) is 0 Å². The Morgan fingerprint density at radius 1 is 1.36 bits per heavy atom. The van der Waals surface area contributed by atoms with E-state index in [1.807, 2.05) is 12.5 Å². The van der Waals surface area contributed by atoms with Gasteiger partial charge in [-0.2, -0.15) is 0 Å². The second kappa shape index (κ2) is 3.64.